The van der Waals surface area contributed by atoms with Crippen LogP contribution in [0.1, 0.15) is 18.1 Å². The fourth-order valence-corrected chi connectivity index (χ4v) is 3.18. The van der Waals surface area contributed by atoms with Crippen LogP contribution in [0.25, 0.3) is 11.6 Å². The molecule has 23 heavy (non-hydrogen) atoms. The summed E-state index contributed by atoms with van der Waals surface area (Å²) in [5.41, 5.74) is 0. The lowest BCUT2D eigenvalue weighted by molar-refractivity contribution is 0.171. The quantitative estimate of drug-likeness (QED) is 0.671. The van der Waals surface area contributed by atoms with E-state index in [1.54, 1.807) is 30.2 Å². The Bertz CT molecular complexity index is 800. The number of nitrogens with zero attached hydrogens (tertiary/aromatic N) is 2. The maximum absolute atomic E-state index is 5.60. The Hall–Kier alpha value is -2.41. The van der Waals surface area contributed by atoms with Crippen LogP contribution in [0, 0.1) is 0 Å². The highest BCUT2D eigenvalue weighted by atomic mass is 32.2. The van der Waals surface area contributed by atoms with Crippen LogP contribution >= 0.6 is 11.8 Å². The molecule has 0 radical (unpaired) electrons. The molecule has 1 aromatic carbocycles. The Labute approximate surface area is 136 Å². The molecule has 7 heteroatoms. The smallest absolute Gasteiger partial charge is 0.240 e. The zero-order chi connectivity index (χ0) is 15.6. The molecule has 118 valence electrons. The average molecular weight is 330 g/mol. The molecule has 1 aliphatic heterocycles. The predicted octanol–water partition coefficient (Wildman–Crippen LogP) is 3.95. The van der Waals surface area contributed by atoms with Crippen molar-refractivity contribution >= 4 is 11.8 Å². The van der Waals surface area contributed by atoms with Gasteiger partial charge >= 0.3 is 0 Å². The van der Waals surface area contributed by atoms with Gasteiger partial charge in [0.05, 0.1) is 11.5 Å². The number of rotatable bonds is 4. The van der Waals surface area contributed by atoms with Crippen LogP contribution in [0.2, 0.25) is 0 Å². The van der Waals surface area contributed by atoms with Gasteiger partial charge in [-0.25, -0.2) is 0 Å². The van der Waals surface area contributed by atoms with Gasteiger partial charge in [-0.1, -0.05) is 5.16 Å². The summed E-state index contributed by atoms with van der Waals surface area (Å²) in [5, 5.41) is 3.96. The maximum Gasteiger partial charge on any atom is 0.240 e. The van der Waals surface area contributed by atoms with Crippen molar-refractivity contribution in [3.05, 3.63) is 42.5 Å². The Morgan fingerprint density at radius 2 is 2.00 bits per heavy atom. The highest BCUT2D eigenvalue weighted by Gasteiger charge is 2.19. The normalized spacial score (nSPS) is 14.7. The second-order valence-electron chi connectivity index (χ2n) is 5.00. The molecule has 3 aromatic rings. The van der Waals surface area contributed by atoms with Gasteiger partial charge in [0, 0.05) is 4.90 Å². The van der Waals surface area contributed by atoms with Gasteiger partial charge in [-0.05, 0) is 37.3 Å². The van der Waals surface area contributed by atoms with Gasteiger partial charge in [0.2, 0.25) is 11.7 Å². The van der Waals surface area contributed by atoms with Crippen LogP contribution in [0.15, 0.2) is 50.4 Å². The van der Waals surface area contributed by atoms with Crippen molar-refractivity contribution in [1.29, 1.82) is 0 Å². The lowest BCUT2D eigenvalue weighted by Crippen LogP contribution is -2.15. The first-order valence-electron chi connectivity index (χ1n) is 7.23. The van der Waals surface area contributed by atoms with Crippen molar-refractivity contribution < 1.29 is 18.4 Å². The number of furan rings is 1. The van der Waals surface area contributed by atoms with Crippen molar-refractivity contribution in [1.82, 2.24) is 10.1 Å². The van der Waals surface area contributed by atoms with E-state index in [4.69, 9.17) is 18.4 Å². The molecule has 0 amide bonds. The minimum Gasteiger partial charge on any atom is -0.486 e. The van der Waals surface area contributed by atoms with Gasteiger partial charge in [0.25, 0.3) is 0 Å². The maximum atomic E-state index is 5.60. The molecule has 0 spiro atoms. The van der Waals surface area contributed by atoms with Gasteiger partial charge in [-0.2, -0.15) is 4.98 Å². The summed E-state index contributed by atoms with van der Waals surface area (Å²) >= 11 is 1.62. The topological polar surface area (TPSA) is 70.5 Å². The Kier molecular flexibility index (Phi) is 3.70. The zero-order valence-corrected chi connectivity index (χ0v) is 13.2. The first-order valence-corrected chi connectivity index (χ1v) is 8.11. The SMILES string of the molecule is C[C@@H](Sc1ccc2c(c1)OCCO2)c1nc(-c2ccco2)no1. The molecule has 3 heterocycles. The van der Waals surface area contributed by atoms with Crippen molar-refractivity contribution in [2.75, 3.05) is 13.2 Å². The third-order valence-corrected chi connectivity index (χ3v) is 4.44. The third kappa shape index (κ3) is 2.92. The van der Waals surface area contributed by atoms with Gasteiger partial charge in [0.15, 0.2) is 17.3 Å². The number of benzene rings is 1. The zero-order valence-electron chi connectivity index (χ0n) is 12.4. The van der Waals surface area contributed by atoms with Gasteiger partial charge in [-0.3, -0.25) is 0 Å². The first kappa shape index (κ1) is 14.2. The van der Waals surface area contributed by atoms with Crippen LogP contribution in [0.5, 0.6) is 11.5 Å². The standard InChI is InChI=1S/C16H14N2O4S/c1-10(16-17-15(18-22-16)13-3-2-6-19-13)23-11-4-5-12-14(9-11)21-8-7-20-12/h2-6,9-10H,7-8H2,1H3/t10-/m1/s1. The molecule has 0 aliphatic carbocycles. The largest absolute Gasteiger partial charge is 0.486 e. The van der Waals surface area contributed by atoms with Crippen LogP contribution in [0.3, 0.4) is 0 Å². The minimum absolute atomic E-state index is 0.00812. The number of ether oxygens (including phenoxy) is 2. The first-order chi connectivity index (χ1) is 11.3. The second kappa shape index (κ2) is 6.00. The van der Waals surface area contributed by atoms with E-state index in [1.165, 1.54) is 0 Å². The molecular formula is C16H14N2O4S. The van der Waals surface area contributed by atoms with Gasteiger partial charge < -0.3 is 18.4 Å². The van der Waals surface area contributed by atoms with Crippen molar-refractivity contribution in [3.8, 4) is 23.1 Å². The van der Waals surface area contributed by atoms with E-state index in [0.717, 1.165) is 16.4 Å². The van der Waals surface area contributed by atoms with E-state index in [0.29, 0.717) is 30.7 Å². The predicted molar refractivity (Wildman–Crippen MR) is 83.7 cm³/mol. The van der Waals surface area contributed by atoms with Crippen LogP contribution in [-0.2, 0) is 0 Å². The fourth-order valence-electron chi connectivity index (χ4n) is 2.26. The summed E-state index contributed by atoms with van der Waals surface area (Å²) in [7, 11) is 0. The molecule has 0 fully saturated rings. The summed E-state index contributed by atoms with van der Waals surface area (Å²) in [5.74, 6) is 3.16. The van der Waals surface area contributed by atoms with E-state index in [-0.39, 0.29) is 5.25 Å². The number of hydrogen-bond donors (Lipinski definition) is 0. The summed E-state index contributed by atoms with van der Waals surface area (Å²) in [6.07, 6.45) is 1.58. The second-order valence-corrected chi connectivity index (χ2v) is 6.41. The number of thioether (sulfide) groups is 1. The molecule has 0 saturated carbocycles. The average Bonchev–Trinajstić information content (AvgIpc) is 3.26. The number of aromatic nitrogens is 2. The number of hydrogen-bond acceptors (Lipinski definition) is 7. The van der Waals surface area contributed by atoms with Gasteiger partial charge in [-0.15, -0.1) is 11.8 Å². The Balaban J connectivity index is 1.50. The summed E-state index contributed by atoms with van der Waals surface area (Å²) in [6.45, 7) is 3.18. The molecule has 1 atom stereocenters. The Morgan fingerprint density at radius 3 is 2.83 bits per heavy atom. The lowest BCUT2D eigenvalue weighted by atomic mass is 10.3. The van der Waals surface area contributed by atoms with E-state index in [1.807, 2.05) is 25.1 Å². The summed E-state index contributed by atoms with van der Waals surface area (Å²) in [6, 6.07) is 9.48. The Morgan fingerprint density at radius 1 is 1.13 bits per heavy atom. The van der Waals surface area contributed by atoms with E-state index >= 15 is 0 Å². The minimum atomic E-state index is 0.00812. The third-order valence-electron chi connectivity index (χ3n) is 3.36. The molecule has 6 nitrogen and oxygen atoms in total. The summed E-state index contributed by atoms with van der Waals surface area (Å²) < 4.78 is 21.7. The highest BCUT2D eigenvalue weighted by Crippen LogP contribution is 2.39. The van der Waals surface area contributed by atoms with E-state index < -0.39 is 0 Å². The molecule has 1 aliphatic rings. The van der Waals surface area contributed by atoms with E-state index in [2.05, 4.69) is 10.1 Å². The molecule has 4 rings (SSSR count). The van der Waals surface area contributed by atoms with Crippen molar-refractivity contribution in [2.45, 2.75) is 17.1 Å². The molecule has 0 unspecified atom stereocenters. The van der Waals surface area contributed by atoms with Crippen LogP contribution < -0.4 is 9.47 Å². The van der Waals surface area contributed by atoms with Crippen LogP contribution in [0.4, 0.5) is 0 Å². The fraction of sp³-hybridized carbons (Fsp3) is 0.250. The molecule has 0 N–H and O–H groups in total. The van der Waals surface area contributed by atoms with Gasteiger partial charge in [0.1, 0.15) is 13.2 Å². The van der Waals surface area contributed by atoms with Crippen LogP contribution in [-0.4, -0.2) is 23.4 Å². The van der Waals surface area contributed by atoms with Crippen molar-refractivity contribution in [2.24, 2.45) is 0 Å². The molecule has 2 aromatic heterocycles. The molecule has 0 bridgehead atoms. The highest BCUT2D eigenvalue weighted by molar-refractivity contribution is 7.99. The monoisotopic (exact) mass is 330 g/mol. The molecular weight excluding hydrogens is 316 g/mol. The number of fused-ring (bicyclic) bond motifs is 1. The molecule has 0 saturated heterocycles. The van der Waals surface area contributed by atoms with E-state index in [9.17, 15) is 0 Å². The lowest BCUT2D eigenvalue weighted by Gasteiger charge is -2.19. The summed E-state index contributed by atoms with van der Waals surface area (Å²) in [4.78, 5) is 5.44. The van der Waals surface area contributed by atoms with Crippen molar-refractivity contribution in [3.63, 3.8) is 0 Å².